The van der Waals surface area contributed by atoms with Crippen molar-refractivity contribution in [1.82, 2.24) is 9.88 Å². The fourth-order valence-electron chi connectivity index (χ4n) is 2.99. The lowest BCUT2D eigenvalue weighted by atomic mass is 10.3. The minimum atomic E-state index is -0.255. The Hall–Kier alpha value is -2.45. The van der Waals surface area contributed by atoms with E-state index in [1.807, 2.05) is 0 Å². The molecule has 1 aliphatic rings. The maximum Gasteiger partial charge on any atom is 0.289 e. The molecule has 1 fully saturated rings. The Bertz CT molecular complexity index is 931. The van der Waals surface area contributed by atoms with Crippen molar-refractivity contribution >= 4 is 32.6 Å². The molecule has 8 heteroatoms. The number of nitrogens with zero attached hydrogens (tertiary/aromatic N) is 3. The largest absolute Gasteiger partial charge is 0.453 e. The summed E-state index contributed by atoms with van der Waals surface area (Å²) >= 11 is 1.47. The molecule has 1 aliphatic heterocycles. The number of piperazine rings is 1. The standard InChI is InChI=1S/C18H18FN3O3S/c1-24-11-13-3-5-15(25-13)17(23)21-6-8-22(9-7-21)18-20-14-4-2-12(19)10-16(14)26-18/h2-5,10H,6-9,11H2,1H3. The first-order chi connectivity index (χ1) is 12.6. The average Bonchev–Trinajstić information content (AvgIpc) is 3.28. The number of anilines is 1. The van der Waals surface area contributed by atoms with Gasteiger partial charge >= 0.3 is 0 Å². The van der Waals surface area contributed by atoms with Crippen molar-refractivity contribution in [2.45, 2.75) is 6.61 Å². The van der Waals surface area contributed by atoms with Gasteiger partial charge in [0.15, 0.2) is 10.9 Å². The van der Waals surface area contributed by atoms with Crippen molar-refractivity contribution in [2.75, 3.05) is 38.2 Å². The molecule has 136 valence electrons. The molecule has 6 nitrogen and oxygen atoms in total. The van der Waals surface area contributed by atoms with Gasteiger partial charge in [-0.25, -0.2) is 9.37 Å². The first kappa shape index (κ1) is 17.0. The molecule has 0 bridgehead atoms. The van der Waals surface area contributed by atoms with E-state index < -0.39 is 0 Å². The molecule has 0 radical (unpaired) electrons. The molecular formula is C18H18FN3O3S. The topological polar surface area (TPSA) is 58.8 Å². The van der Waals surface area contributed by atoms with E-state index in [1.54, 1.807) is 30.2 Å². The van der Waals surface area contributed by atoms with Gasteiger partial charge in [-0.05, 0) is 30.3 Å². The molecule has 26 heavy (non-hydrogen) atoms. The molecule has 0 saturated carbocycles. The zero-order valence-corrected chi connectivity index (χ0v) is 15.1. The molecule has 0 aliphatic carbocycles. The van der Waals surface area contributed by atoms with Crippen LogP contribution in [0.3, 0.4) is 0 Å². The van der Waals surface area contributed by atoms with Crippen molar-refractivity contribution in [3.05, 3.63) is 47.7 Å². The van der Waals surface area contributed by atoms with E-state index >= 15 is 0 Å². The van der Waals surface area contributed by atoms with Crippen molar-refractivity contribution in [1.29, 1.82) is 0 Å². The second-order valence-corrected chi connectivity index (χ2v) is 7.10. The van der Waals surface area contributed by atoms with Gasteiger partial charge in [0.25, 0.3) is 5.91 Å². The molecule has 1 amide bonds. The molecule has 2 aromatic heterocycles. The Kier molecular flexibility index (Phi) is 4.60. The van der Waals surface area contributed by atoms with E-state index in [-0.39, 0.29) is 11.7 Å². The lowest BCUT2D eigenvalue weighted by Crippen LogP contribution is -2.48. The van der Waals surface area contributed by atoms with E-state index in [9.17, 15) is 9.18 Å². The fraction of sp³-hybridized carbons (Fsp3) is 0.333. The van der Waals surface area contributed by atoms with Gasteiger partial charge in [0.05, 0.1) is 10.2 Å². The number of benzene rings is 1. The van der Waals surface area contributed by atoms with Crippen LogP contribution in [0.25, 0.3) is 10.2 Å². The summed E-state index contributed by atoms with van der Waals surface area (Å²) in [7, 11) is 1.58. The van der Waals surface area contributed by atoms with Crippen LogP contribution in [-0.2, 0) is 11.3 Å². The summed E-state index contributed by atoms with van der Waals surface area (Å²) in [5.41, 5.74) is 0.797. The Morgan fingerprint density at radius 2 is 2.08 bits per heavy atom. The highest BCUT2D eigenvalue weighted by molar-refractivity contribution is 7.22. The molecule has 0 N–H and O–H groups in total. The highest BCUT2D eigenvalue weighted by atomic mass is 32.1. The summed E-state index contributed by atoms with van der Waals surface area (Å²) < 4.78 is 24.7. The summed E-state index contributed by atoms with van der Waals surface area (Å²) in [6.07, 6.45) is 0. The number of hydrogen-bond donors (Lipinski definition) is 0. The summed E-state index contributed by atoms with van der Waals surface area (Å²) in [5, 5.41) is 0.859. The maximum atomic E-state index is 13.3. The zero-order valence-electron chi connectivity index (χ0n) is 14.3. The number of hydrogen-bond acceptors (Lipinski definition) is 6. The zero-order chi connectivity index (χ0) is 18.1. The van der Waals surface area contributed by atoms with Crippen LogP contribution >= 0.6 is 11.3 Å². The van der Waals surface area contributed by atoms with Crippen LogP contribution < -0.4 is 4.90 Å². The molecule has 1 aromatic carbocycles. The Balaban J connectivity index is 1.41. The molecular weight excluding hydrogens is 357 g/mol. The molecule has 3 aromatic rings. The van der Waals surface area contributed by atoms with Crippen LogP contribution in [0, 0.1) is 5.82 Å². The monoisotopic (exact) mass is 375 g/mol. The molecule has 3 heterocycles. The highest BCUT2D eigenvalue weighted by Gasteiger charge is 2.25. The van der Waals surface area contributed by atoms with Gasteiger partial charge in [-0.1, -0.05) is 11.3 Å². The van der Waals surface area contributed by atoms with E-state index in [0.29, 0.717) is 44.3 Å². The SMILES string of the molecule is COCc1ccc(C(=O)N2CCN(c3nc4ccc(F)cc4s3)CC2)o1. The van der Waals surface area contributed by atoms with Gasteiger partial charge in [0, 0.05) is 33.3 Å². The number of carbonyl (C=O) groups is 1. The van der Waals surface area contributed by atoms with Gasteiger partial charge in [0.1, 0.15) is 18.2 Å². The average molecular weight is 375 g/mol. The second-order valence-electron chi connectivity index (χ2n) is 6.09. The Morgan fingerprint density at radius 3 is 2.85 bits per heavy atom. The first-order valence-electron chi connectivity index (χ1n) is 8.32. The van der Waals surface area contributed by atoms with Crippen molar-refractivity contribution in [3.63, 3.8) is 0 Å². The lowest BCUT2D eigenvalue weighted by Gasteiger charge is -2.34. The van der Waals surface area contributed by atoms with Gasteiger partial charge in [-0.15, -0.1) is 0 Å². The highest BCUT2D eigenvalue weighted by Crippen LogP contribution is 2.30. The van der Waals surface area contributed by atoms with Crippen LogP contribution in [0.15, 0.2) is 34.7 Å². The first-order valence-corrected chi connectivity index (χ1v) is 9.13. The number of furan rings is 1. The molecule has 0 unspecified atom stereocenters. The van der Waals surface area contributed by atoms with Gasteiger partial charge < -0.3 is 19.0 Å². The molecule has 4 rings (SSSR count). The summed E-state index contributed by atoms with van der Waals surface area (Å²) in [5.74, 6) is 0.602. The quantitative estimate of drug-likeness (QED) is 0.701. The molecule has 0 atom stereocenters. The van der Waals surface area contributed by atoms with E-state index in [4.69, 9.17) is 9.15 Å². The predicted molar refractivity (Wildman–Crippen MR) is 97.1 cm³/mol. The third-order valence-corrected chi connectivity index (χ3v) is 5.41. The number of thiazole rings is 1. The molecule has 0 spiro atoms. The van der Waals surface area contributed by atoms with E-state index in [1.165, 1.54) is 23.5 Å². The second kappa shape index (κ2) is 7.05. The fourth-order valence-corrected chi connectivity index (χ4v) is 4.03. The molecule has 1 saturated heterocycles. The van der Waals surface area contributed by atoms with Crippen LogP contribution in [-0.4, -0.2) is 49.1 Å². The van der Waals surface area contributed by atoms with Crippen LogP contribution in [0.5, 0.6) is 0 Å². The summed E-state index contributed by atoms with van der Waals surface area (Å²) in [6, 6.07) is 8.06. The Morgan fingerprint density at radius 1 is 1.27 bits per heavy atom. The van der Waals surface area contributed by atoms with Crippen LogP contribution in [0.4, 0.5) is 9.52 Å². The van der Waals surface area contributed by atoms with Crippen molar-refractivity contribution < 1.29 is 18.3 Å². The third-order valence-electron chi connectivity index (χ3n) is 4.34. The van der Waals surface area contributed by atoms with E-state index in [2.05, 4.69) is 9.88 Å². The van der Waals surface area contributed by atoms with Gasteiger partial charge in [-0.2, -0.15) is 0 Å². The van der Waals surface area contributed by atoms with Crippen molar-refractivity contribution in [3.8, 4) is 0 Å². The number of amides is 1. The normalized spacial score (nSPS) is 15.0. The number of carbonyl (C=O) groups excluding carboxylic acids is 1. The van der Waals surface area contributed by atoms with Crippen LogP contribution in [0.1, 0.15) is 16.3 Å². The number of ether oxygens (including phenoxy) is 1. The van der Waals surface area contributed by atoms with E-state index in [0.717, 1.165) is 15.3 Å². The number of methoxy groups -OCH3 is 1. The summed E-state index contributed by atoms with van der Waals surface area (Å²) in [6.45, 7) is 2.88. The number of fused-ring (bicyclic) bond motifs is 1. The maximum absolute atomic E-state index is 13.3. The number of rotatable bonds is 4. The van der Waals surface area contributed by atoms with Gasteiger partial charge in [-0.3, -0.25) is 4.79 Å². The van der Waals surface area contributed by atoms with Crippen molar-refractivity contribution in [2.24, 2.45) is 0 Å². The summed E-state index contributed by atoms with van der Waals surface area (Å²) in [4.78, 5) is 21.0. The third kappa shape index (κ3) is 3.30. The Labute approximate surface area is 153 Å². The minimum Gasteiger partial charge on any atom is -0.453 e. The minimum absolute atomic E-state index is 0.113. The van der Waals surface area contributed by atoms with Gasteiger partial charge in [0.2, 0.25) is 0 Å². The predicted octanol–water partition coefficient (Wildman–Crippen LogP) is 3.14. The number of halogens is 1. The van der Waals surface area contributed by atoms with Crippen LogP contribution in [0.2, 0.25) is 0 Å². The number of aromatic nitrogens is 1. The smallest absolute Gasteiger partial charge is 0.289 e. The lowest BCUT2D eigenvalue weighted by molar-refractivity contribution is 0.0707.